The Morgan fingerprint density at radius 1 is 1.14 bits per heavy atom. The van der Waals surface area contributed by atoms with E-state index < -0.39 is 0 Å². The van der Waals surface area contributed by atoms with Crippen molar-refractivity contribution in [3.05, 3.63) is 0 Å². The summed E-state index contributed by atoms with van der Waals surface area (Å²) in [6, 6.07) is 4.13. The lowest BCUT2D eigenvalue weighted by Crippen LogP contribution is -2.39. The van der Waals surface area contributed by atoms with Crippen LogP contribution in [0.4, 0.5) is 4.79 Å². The molecule has 0 spiro atoms. The molecule has 2 amide bonds. The van der Waals surface area contributed by atoms with Crippen molar-refractivity contribution >= 4 is 6.03 Å². The van der Waals surface area contributed by atoms with E-state index in [1.165, 1.54) is 0 Å². The Morgan fingerprint density at radius 2 is 1.76 bits per heavy atom. The molecule has 8 heteroatoms. The van der Waals surface area contributed by atoms with Crippen molar-refractivity contribution in [2.75, 3.05) is 65.4 Å². The van der Waals surface area contributed by atoms with E-state index in [0.29, 0.717) is 39.3 Å². The second-order valence-electron chi connectivity index (χ2n) is 4.82. The van der Waals surface area contributed by atoms with Crippen LogP contribution in [-0.2, 0) is 0 Å². The lowest BCUT2D eigenvalue weighted by atomic mass is 10.4. The molecule has 0 aliphatic carbocycles. The third kappa shape index (κ3) is 5.96. The lowest BCUT2D eigenvalue weighted by Gasteiger charge is -2.19. The van der Waals surface area contributed by atoms with Gasteiger partial charge >= 0.3 is 6.03 Å². The summed E-state index contributed by atoms with van der Waals surface area (Å²) < 4.78 is 0. The van der Waals surface area contributed by atoms with E-state index in [9.17, 15) is 4.79 Å². The number of carbonyl (C=O) groups excluding carboxylic acids is 1. The van der Waals surface area contributed by atoms with Crippen molar-refractivity contribution in [2.24, 2.45) is 5.73 Å². The van der Waals surface area contributed by atoms with E-state index in [4.69, 9.17) is 16.3 Å². The molecule has 1 saturated heterocycles. The number of hydrogen-bond acceptors (Lipinski definition) is 6. The van der Waals surface area contributed by atoms with E-state index in [1.807, 2.05) is 17.0 Å². The summed E-state index contributed by atoms with van der Waals surface area (Å²) in [6.07, 6.45) is 0. The number of nitrogens with zero attached hydrogens (tertiary/aromatic N) is 5. The van der Waals surface area contributed by atoms with Gasteiger partial charge in [0.2, 0.25) is 0 Å². The second kappa shape index (κ2) is 9.94. The maximum Gasteiger partial charge on any atom is 0.320 e. The molecule has 1 rings (SSSR count). The third-order valence-electron chi connectivity index (χ3n) is 3.33. The molecule has 8 nitrogen and oxygen atoms in total. The topological polar surface area (TPSA) is 112 Å². The summed E-state index contributed by atoms with van der Waals surface area (Å²) in [6.45, 7) is 5.81. The first-order valence-corrected chi connectivity index (χ1v) is 7.13. The highest BCUT2D eigenvalue weighted by molar-refractivity contribution is 5.76. The van der Waals surface area contributed by atoms with Gasteiger partial charge in [0, 0.05) is 52.4 Å². The van der Waals surface area contributed by atoms with Crippen LogP contribution in [0.25, 0.3) is 0 Å². The maximum absolute atomic E-state index is 11.9. The maximum atomic E-state index is 11.9. The van der Waals surface area contributed by atoms with Gasteiger partial charge in [-0.25, -0.2) is 4.79 Å². The van der Waals surface area contributed by atoms with Crippen molar-refractivity contribution in [3.8, 4) is 12.1 Å². The third-order valence-corrected chi connectivity index (χ3v) is 3.33. The molecule has 0 radical (unpaired) electrons. The van der Waals surface area contributed by atoms with Crippen molar-refractivity contribution in [3.63, 3.8) is 0 Å². The summed E-state index contributed by atoms with van der Waals surface area (Å²) in [4.78, 5) is 17.3. The number of rotatable bonds is 10. The molecular weight excluding hydrogens is 270 g/mol. The van der Waals surface area contributed by atoms with Crippen LogP contribution in [0.1, 0.15) is 0 Å². The first-order chi connectivity index (χ1) is 10.2. The van der Waals surface area contributed by atoms with E-state index in [2.05, 4.69) is 5.32 Å². The highest BCUT2D eigenvalue weighted by Gasteiger charge is 2.26. The number of urea groups is 1. The predicted molar refractivity (Wildman–Crippen MR) is 78.1 cm³/mol. The second-order valence-corrected chi connectivity index (χ2v) is 4.82. The Kier molecular flexibility index (Phi) is 8.14. The molecule has 1 heterocycles. The van der Waals surface area contributed by atoms with Crippen molar-refractivity contribution in [2.45, 2.75) is 0 Å². The van der Waals surface area contributed by atoms with Gasteiger partial charge in [-0.3, -0.25) is 4.90 Å². The average Bonchev–Trinajstić information content (AvgIpc) is 2.81. The zero-order chi connectivity index (χ0) is 15.5. The van der Waals surface area contributed by atoms with Crippen LogP contribution < -0.4 is 11.1 Å². The highest BCUT2D eigenvalue weighted by Crippen LogP contribution is 2.06. The van der Waals surface area contributed by atoms with E-state index in [1.54, 1.807) is 9.80 Å². The fraction of sp³-hybridized carbons (Fsp3) is 0.769. The molecule has 3 N–H and O–H groups in total. The molecule has 1 aliphatic heterocycles. The molecule has 0 unspecified atom stereocenters. The summed E-state index contributed by atoms with van der Waals surface area (Å²) in [5.74, 6) is 0. The minimum atomic E-state index is 0.0536. The summed E-state index contributed by atoms with van der Waals surface area (Å²) >= 11 is 0. The SMILES string of the molecule is N#CCN(CC#N)CCNCCN1CCN(CCN)C1=O. The molecule has 0 aromatic rings. The molecule has 1 fully saturated rings. The Bertz CT molecular complexity index is 384. The number of nitriles is 2. The number of nitrogens with two attached hydrogens (primary N) is 1. The fourth-order valence-electron chi connectivity index (χ4n) is 2.19. The molecule has 0 atom stereocenters. The minimum Gasteiger partial charge on any atom is -0.329 e. The van der Waals surface area contributed by atoms with Crippen LogP contribution in [-0.4, -0.2) is 86.2 Å². The van der Waals surface area contributed by atoms with Crippen molar-refractivity contribution in [1.29, 1.82) is 10.5 Å². The Balaban J connectivity index is 2.13. The summed E-state index contributed by atoms with van der Waals surface area (Å²) in [5, 5.41) is 20.5. The normalized spacial score (nSPS) is 14.6. The van der Waals surface area contributed by atoms with Crippen molar-refractivity contribution < 1.29 is 4.79 Å². The predicted octanol–water partition coefficient (Wildman–Crippen LogP) is -1.38. The van der Waals surface area contributed by atoms with E-state index >= 15 is 0 Å². The summed E-state index contributed by atoms with van der Waals surface area (Å²) in [7, 11) is 0. The highest BCUT2D eigenvalue weighted by atomic mass is 16.2. The van der Waals surface area contributed by atoms with Gasteiger partial charge in [0.1, 0.15) is 0 Å². The zero-order valence-corrected chi connectivity index (χ0v) is 12.3. The van der Waals surface area contributed by atoms with Crippen LogP contribution in [0.2, 0.25) is 0 Å². The molecular formula is C13H23N7O. The van der Waals surface area contributed by atoms with Crippen LogP contribution >= 0.6 is 0 Å². The molecule has 0 aromatic heterocycles. The van der Waals surface area contributed by atoms with Gasteiger partial charge < -0.3 is 20.9 Å². The van der Waals surface area contributed by atoms with E-state index in [-0.39, 0.29) is 19.1 Å². The van der Waals surface area contributed by atoms with Gasteiger partial charge in [0.25, 0.3) is 0 Å². The Hall–Kier alpha value is -1.87. The molecule has 0 bridgehead atoms. The quantitative estimate of drug-likeness (QED) is 0.379. The van der Waals surface area contributed by atoms with Gasteiger partial charge in [0.15, 0.2) is 0 Å². The van der Waals surface area contributed by atoms with Crippen LogP contribution in [0.3, 0.4) is 0 Å². The van der Waals surface area contributed by atoms with Gasteiger partial charge in [-0.05, 0) is 0 Å². The van der Waals surface area contributed by atoms with Gasteiger partial charge in [0.05, 0.1) is 25.2 Å². The Morgan fingerprint density at radius 3 is 2.33 bits per heavy atom. The molecule has 0 saturated carbocycles. The number of amides is 2. The fourth-order valence-corrected chi connectivity index (χ4v) is 2.19. The molecule has 21 heavy (non-hydrogen) atoms. The standard InChI is InChI=1S/C13H23N7O/c14-1-6-18(7-2-15)9-4-17-5-10-20-12-11-19(8-3-16)13(20)21/h17H,3-12,16H2. The largest absolute Gasteiger partial charge is 0.329 e. The molecule has 1 aliphatic rings. The number of nitrogens with one attached hydrogen (secondary N) is 1. The number of hydrogen-bond donors (Lipinski definition) is 2. The van der Waals surface area contributed by atoms with Crippen LogP contribution in [0, 0.1) is 22.7 Å². The molecule has 0 aromatic carbocycles. The van der Waals surface area contributed by atoms with Crippen LogP contribution in [0.5, 0.6) is 0 Å². The van der Waals surface area contributed by atoms with E-state index in [0.717, 1.165) is 13.1 Å². The first-order valence-electron chi connectivity index (χ1n) is 7.13. The van der Waals surface area contributed by atoms with Gasteiger partial charge in [-0.2, -0.15) is 10.5 Å². The lowest BCUT2D eigenvalue weighted by molar-refractivity contribution is 0.193. The summed E-state index contributed by atoms with van der Waals surface area (Å²) in [5.41, 5.74) is 5.46. The average molecular weight is 293 g/mol. The van der Waals surface area contributed by atoms with Crippen LogP contribution in [0.15, 0.2) is 0 Å². The molecule has 116 valence electrons. The zero-order valence-electron chi connectivity index (χ0n) is 12.3. The Labute approximate surface area is 125 Å². The smallest absolute Gasteiger partial charge is 0.320 e. The van der Waals surface area contributed by atoms with Crippen molar-refractivity contribution in [1.82, 2.24) is 20.0 Å². The monoisotopic (exact) mass is 293 g/mol. The van der Waals surface area contributed by atoms with Gasteiger partial charge in [-0.15, -0.1) is 0 Å². The first kappa shape index (κ1) is 17.2. The number of carbonyl (C=O) groups is 1. The minimum absolute atomic E-state index is 0.0536. The van der Waals surface area contributed by atoms with Gasteiger partial charge in [-0.1, -0.05) is 0 Å².